The molecule has 0 spiro atoms. The summed E-state index contributed by atoms with van der Waals surface area (Å²) in [7, 11) is 0. The van der Waals surface area contributed by atoms with Crippen LogP contribution in [0.2, 0.25) is 0 Å². The summed E-state index contributed by atoms with van der Waals surface area (Å²) in [6, 6.07) is 7.59. The molecule has 0 bridgehead atoms. The number of cyclic esters (lactones) is 2. The summed E-state index contributed by atoms with van der Waals surface area (Å²) in [5.41, 5.74) is 1.81. The Bertz CT molecular complexity index is 643. The maximum atomic E-state index is 12.0. The topological polar surface area (TPSA) is 84.9 Å². The number of carbonyl (C=O) groups is 3. The predicted molar refractivity (Wildman–Crippen MR) is 85.7 cm³/mol. The first-order valence-corrected chi connectivity index (χ1v) is 8.01. The Balaban J connectivity index is 1.64. The average Bonchev–Trinajstić information content (AvgIpc) is 2.94. The monoisotopic (exact) mass is 332 g/mol. The number of nitrogens with zero attached hydrogens (tertiary/aromatic N) is 1. The Hall–Kier alpha value is -2.57. The third-order valence-electron chi connectivity index (χ3n) is 4.27. The quantitative estimate of drug-likeness (QED) is 0.846. The molecule has 2 aliphatic rings. The lowest BCUT2D eigenvalue weighted by Gasteiger charge is -2.22. The van der Waals surface area contributed by atoms with Crippen molar-refractivity contribution in [3.05, 3.63) is 29.8 Å². The van der Waals surface area contributed by atoms with Gasteiger partial charge in [0, 0.05) is 12.6 Å². The molecule has 1 aromatic rings. The molecule has 0 aromatic heterocycles. The lowest BCUT2D eigenvalue weighted by molar-refractivity contribution is -0.147. The minimum atomic E-state index is -0.417. The van der Waals surface area contributed by atoms with Gasteiger partial charge in [0.2, 0.25) is 5.91 Å². The molecule has 24 heavy (non-hydrogen) atoms. The number of benzene rings is 1. The van der Waals surface area contributed by atoms with E-state index in [-0.39, 0.29) is 23.9 Å². The van der Waals surface area contributed by atoms with Crippen molar-refractivity contribution in [1.29, 1.82) is 0 Å². The van der Waals surface area contributed by atoms with Crippen LogP contribution in [0.1, 0.15) is 31.2 Å². The van der Waals surface area contributed by atoms with Crippen LogP contribution < -0.4 is 10.2 Å². The molecule has 128 valence electrons. The van der Waals surface area contributed by atoms with E-state index in [1.54, 1.807) is 4.90 Å². The zero-order chi connectivity index (χ0) is 17.1. The van der Waals surface area contributed by atoms with Crippen LogP contribution in [0.15, 0.2) is 24.3 Å². The molecule has 2 aliphatic heterocycles. The number of rotatable bonds is 4. The SMILES string of the molecule is CC(=O)NC[C@H]1CN(c2ccc(C3CCOC(=O)C3)cc2)C(=O)O1. The molecule has 7 heteroatoms. The number of carbonyl (C=O) groups excluding carboxylic acids is 3. The Morgan fingerprint density at radius 3 is 2.71 bits per heavy atom. The molecule has 2 atom stereocenters. The lowest BCUT2D eigenvalue weighted by atomic mass is 9.91. The first-order chi connectivity index (χ1) is 11.5. The van der Waals surface area contributed by atoms with Crippen molar-refractivity contribution in [2.24, 2.45) is 0 Å². The first-order valence-electron chi connectivity index (χ1n) is 8.01. The summed E-state index contributed by atoms with van der Waals surface area (Å²) < 4.78 is 10.2. The van der Waals surface area contributed by atoms with Crippen LogP contribution in [0.5, 0.6) is 0 Å². The van der Waals surface area contributed by atoms with Crippen molar-refractivity contribution < 1.29 is 23.9 Å². The number of hydrogen-bond acceptors (Lipinski definition) is 5. The number of anilines is 1. The van der Waals surface area contributed by atoms with Crippen LogP contribution >= 0.6 is 0 Å². The van der Waals surface area contributed by atoms with Crippen LogP contribution in [0.4, 0.5) is 10.5 Å². The highest BCUT2D eigenvalue weighted by molar-refractivity contribution is 5.89. The minimum absolute atomic E-state index is 0.153. The van der Waals surface area contributed by atoms with E-state index in [2.05, 4.69) is 5.32 Å². The van der Waals surface area contributed by atoms with Gasteiger partial charge in [-0.25, -0.2) is 4.79 Å². The smallest absolute Gasteiger partial charge is 0.414 e. The fourth-order valence-corrected chi connectivity index (χ4v) is 2.98. The van der Waals surface area contributed by atoms with Crippen LogP contribution in [-0.4, -0.2) is 43.8 Å². The fraction of sp³-hybridized carbons (Fsp3) is 0.471. The molecular formula is C17H20N2O5. The van der Waals surface area contributed by atoms with Gasteiger partial charge >= 0.3 is 12.1 Å². The molecule has 0 saturated carbocycles. The Labute approximate surface area is 139 Å². The highest BCUT2D eigenvalue weighted by atomic mass is 16.6. The maximum Gasteiger partial charge on any atom is 0.414 e. The minimum Gasteiger partial charge on any atom is -0.466 e. The van der Waals surface area contributed by atoms with Gasteiger partial charge in [0.15, 0.2) is 0 Å². The van der Waals surface area contributed by atoms with E-state index in [1.165, 1.54) is 6.92 Å². The Kier molecular flexibility index (Phi) is 4.69. The summed E-state index contributed by atoms with van der Waals surface area (Å²) in [4.78, 5) is 35.9. The number of amides is 2. The van der Waals surface area contributed by atoms with E-state index in [0.29, 0.717) is 26.1 Å². The van der Waals surface area contributed by atoms with Gasteiger partial charge < -0.3 is 14.8 Å². The number of nitrogens with one attached hydrogen (secondary N) is 1. The standard InChI is InChI=1S/C17H20N2O5/c1-11(20)18-9-15-10-19(17(22)24-15)14-4-2-12(3-5-14)13-6-7-23-16(21)8-13/h2-5,13,15H,6-10H2,1H3,(H,18,20)/t13?,15-/m0/s1. The van der Waals surface area contributed by atoms with E-state index in [4.69, 9.17) is 9.47 Å². The van der Waals surface area contributed by atoms with E-state index in [9.17, 15) is 14.4 Å². The zero-order valence-electron chi connectivity index (χ0n) is 13.5. The third kappa shape index (κ3) is 3.67. The number of esters is 1. The molecule has 2 fully saturated rings. The van der Waals surface area contributed by atoms with Gasteiger partial charge in [0.05, 0.1) is 26.1 Å². The van der Waals surface area contributed by atoms with Gasteiger partial charge in [-0.3, -0.25) is 14.5 Å². The summed E-state index contributed by atoms with van der Waals surface area (Å²) >= 11 is 0. The number of hydrogen-bond donors (Lipinski definition) is 1. The first kappa shape index (κ1) is 16.3. The van der Waals surface area contributed by atoms with Crippen molar-refractivity contribution in [3.8, 4) is 0 Å². The van der Waals surface area contributed by atoms with Crippen molar-refractivity contribution in [3.63, 3.8) is 0 Å². The van der Waals surface area contributed by atoms with Gasteiger partial charge in [-0.15, -0.1) is 0 Å². The Morgan fingerprint density at radius 1 is 1.29 bits per heavy atom. The van der Waals surface area contributed by atoms with Crippen LogP contribution in [0.3, 0.4) is 0 Å². The zero-order valence-corrected chi connectivity index (χ0v) is 13.5. The maximum absolute atomic E-state index is 12.0. The highest BCUT2D eigenvalue weighted by Gasteiger charge is 2.32. The molecule has 3 rings (SSSR count). The predicted octanol–water partition coefficient (Wildman–Crippen LogP) is 1.57. The molecule has 1 aromatic carbocycles. The summed E-state index contributed by atoms with van der Waals surface area (Å²) in [5.74, 6) is -0.155. The lowest BCUT2D eigenvalue weighted by Crippen LogP contribution is -2.33. The molecular weight excluding hydrogens is 312 g/mol. The van der Waals surface area contributed by atoms with Crippen LogP contribution in [0, 0.1) is 0 Å². The summed E-state index contributed by atoms with van der Waals surface area (Å²) in [6.07, 6.45) is 0.438. The van der Waals surface area contributed by atoms with Crippen LogP contribution in [0.25, 0.3) is 0 Å². The number of ether oxygens (including phenoxy) is 2. The molecule has 2 saturated heterocycles. The van der Waals surface area contributed by atoms with Crippen LogP contribution in [-0.2, 0) is 19.1 Å². The van der Waals surface area contributed by atoms with E-state index >= 15 is 0 Å². The van der Waals surface area contributed by atoms with Crippen molar-refractivity contribution >= 4 is 23.7 Å². The van der Waals surface area contributed by atoms with Crippen molar-refractivity contribution in [2.45, 2.75) is 31.8 Å². The molecule has 1 N–H and O–H groups in total. The molecule has 1 unspecified atom stereocenters. The highest BCUT2D eigenvalue weighted by Crippen LogP contribution is 2.30. The van der Waals surface area contributed by atoms with Gasteiger partial charge in [-0.2, -0.15) is 0 Å². The van der Waals surface area contributed by atoms with Gasteiger partial charge in [0.25, 0.3) is 0 Å². The normalized spacial score (nSPS) is 23.6. The van der Waals surface area contributed by atoms with E-state index in [0.717, 1.165) is 17.7 Å². The third-order valence-corrected chi connectivity index (χ3v) is 4.27. The van der Waals surface area contributed by atoms with Gasteiger partial charge in [0.1, 0.15) is 6.10 Å². The molecule has 0 aliphatic carbocycles. The van der Waals surface area contributed by atoms with E-state index in [1.807, 2.05) is 24.3 Å². The molecule has 2 amide bonds. The second-order valence-electron chi connectivity index (χ2n) is 6.06. The van der Waals surface area contributed by atoms with Gasteiger partial charge in [-0.05, 0) is 30.0 Å². The largest absolute Gasteiger partial charge is 0.466 e. The Morgan fingerprint density at radius 2 is 2.04 bits per heavy atom. The summed E-state index contributed by atoms with van der Waals surface area (Å²) in [5, 5.41) is 2.65. The molecule has 0 radical (unpaired) electrons. The van der Waals surface area contributed by atoms with Crippen molar-refractivity contribution in [2.75, 3.05) is 24.6 Å². The van der Waals surface area contributed by atoms with E-state index < -0.39 is 6.09 Å². The average molecular weight is 332 g/mol. The second-order valence-corrected chi connectivity index (χ2v) is 6.06. The fourth-order valence-electron chi connectivity index (χ4n) is 2.98. The molecule has 2 heterocycles. The molecule has 7 nitrogen and oxygen atoms in total. The second kappa shape index (κ2) is 6.90. The van der Waals surface area contributed by atoms with Gasteiger partial charge in [-0.1, -0.05) is 12.1 Å². The summed E-state index contributed by atoms with van der Waals surface area (Å²) in [6.45, 7) is 2.58. The van der Waals surface area contributed by atoms with Crippen molar-refractivity contribution in [1.82, 2.24) is 5.32 Å².